The number of carboxylic acids is 1. The highest BCUT2D eigenvalue weighted by molar-refractivity contribution is 6.44. The average Bonchev–Trinajstić information content (AvgIpc) is 3.03. The summed E-state index contributed by atoms with van der Waals surface area (Å²) < 4.78 is 5.29. The fourth-order valence-corrected chi connectivity index (χ4v) is 4.88. The molecule has 3 rings (SSSR count). The summed E-state index contributed by atoms with van der Waals surface area (Å²) in [5.74, 6) is -0.711. The first-order valence-corrected chi connectivity index (χ1v) is 9.16. The van der Waals surface area contributed by atoms with E-state index in [0.717, 1.165) is 54.4 Å². The van der Waals surface area contributed by atoms with Crippen LogP contribution < -0.4 is 4.74 Å². The number of hydrogen-bond donors (Lipinski definition) is 1. The second-order valence-electron chi connectivity index (χ2n) is 6.84. The lowest BCUT2D eigenvalue weighted by Gasteiger charge is -2.26. The monoisotopic (exact) mass is 382 g/mol. The third-order valence-corrected chi connectivity index (χ3v) is 6.07. The number of benzene rings is 1. The highest BCUT2D eigenvalue weighted by Gasteiger charge is 2.48. The van der Waals surface area contributed by atoms with E-state index < -0.39 is 12.6 Å². The third kappa shape index (κ3) is 2.96. The van der Waals surface area contributed by atoms with E-state index in [-0.39, 0.29) is 22.0 Å². The van der Waals surface area contributed by atoms with E-state index in [1.165, 1.54) is 0 Å². The zero-order valence-electron chi connectivity index (χ0n) is 14.2. The summed E-state index contributed by atoms with van der Waals surface area (Å²) >= 11 is 12.9. The topological polar surface area (TPSA) is 63.6 Å². The number of ketones is 1. The maximum absolute atomic E-state index is 12.2. The van der Waals surface area contributed by atoms with Gasteiger partial charge in [-0.05, 0) is 55.4 Å². The Hall–Kier alpha value is -1.52. The molecule has 1 atom stereocenters. The quantitative estimate of drug-likeness (QED) is 0.756. The molecule has 0 radical (unpaired) electrons. The lowest BCUT2D eigenvalue weighted by atomic mass is 9.77. The summed E-state index contributed by atoms with van der Waals surface area (Å²) in [5, 5.41) is 9.38. The van der Waals surface area contributed by atoms with Crippen LogP contribution in [0.2, 0.25) is 10.0 Å². The van der Waals surface area contributed by atoms with Crippen molar-refractivity contribution in [3.8, 4) is 5.75 Å². The molecular weight excluding hydrogens is 363 g/mol. The normalized spacial score (nSPS) is 21.3. The molecule has 0 bridgehead atoms. The molecule has 1 unspecified atom stereocenters. The van der Waals surface area contributed by atoms with E-state index in [1.54, 1.807) is 13.0 Å². The Labute approximate surface area is 156 Å². The number of ether oxygens (including phenoxy) is 1. The Morgan fingerprint density at radius 2 is 2.04 bits per heavy atom. The fraction of sp³-hybridized carbons (Fsp3) is 0.474. The maximum Gasteiger partial charge on any atom is 0.341 e. The smallest absolute Gasteiger partial charge is 0.341 e. The number of carboxylic acid groups (broad SMARTS) is 1. The number of aliphatic carboxylic acids is 1. The van der Waals surface area contributed by atoms with Gasteiger partial charge < -0.3 is 9.84 Å². The highest BCUT2D eigenvalue weighted by atomic mass is 35.5. The molecule has 2 aliphatic rings. The van der Waals surface area contributed by atoms with Crippen molar-refractivity contribution in [2.75, 3.05) is 6.61 Å². The lowest BCUT2D eigenvalue weighted by molar-refractivity contribution is -0.139. The minimum Gasteiger partial charge on any atom is -0.480 e. The van der Waals surface area contributed by atoms with Crippen molar-refractivity contribution in [2.24, 2.45) is 5.41 Å². The van der Waals surface area contributed by atoms with Crippen molar-refractivity contribution >= 4 is 40.5 Å². The second kappa shape index (κ2) is 6.65. The number of carbonyl (C=O) groups excluding carboxylic acids is 1. The first kappa shape index (κ1) is 18.3. The summed E-state index contributed by atoms with van der Waals surface area (Å²) in [6, 6.07) is 1.78. The van der Waals surface area contributed by atoms with Crippen molar-refractivity contribution in [1.82, 2.24) is 0 Å². The molecule has 6 heteroatoms. The summed E-state index contributed by atoms with van der Waals surface area (Å²) in [4.78, 5) is 22.9. The van der Waals surface area contributed by atoms with E-state index in [4.69, 9.17) is 33.0 Å². The Kier molecular flexibility index (Phi) is 4.86. The predicted molar refractivity (Wildman–Crippen MR) is 97.5 cm³/mol. The van der Waals surface area contributed by atoms with E-state index in [9.17, 15) is 9.59 Å². The Bertz CT molecular complexity index is 797. The largest absolute Gasteiger partial charge is 0.480 e. The molecular formula is C19H20Cl2O4. The minimum atomic E-state index is -1.08. The molecule has 134 valence electrons. The van der Waals surface area contributed by atoms with E-state index >= 15 is 0 Å². The number of allylic oxidation sites excluding steroid dienone is 2. The Morgan fingerprint density at radius 1 is 1.32 bits per heavy atom. The molecule has 0 fully saturated rings. The van der Waals surface area contributed by atoms with Crippen molar-refractivity contribution in [2.45, 2.75) is 46.0 Å². The first-order chi connectivity index (χ1) is 11.8. The number of Topliss-reactive ketones (excluding diaryl/α,β-unsaturated/α-hetero) is 1. The number of halogens is 2. The zero-order chi connectivity index (χ0) is 18.4. The van der Waals surface area contributed by atoms with Crippen LogP contribution in [0.25, 0.3) is 5.57 Å². The lowest BCUT2D eigenvalue weighted by Crippen LogP contribution is -2.16. The summed E-state index contributed by atoms with van der Waals surface area (Å²) in [7, 11) is 0. The van der Waals surface area contributed by atoms with Crippen molar-refractivity contribution in [1.29, 1.82) is 0 Å². The van der Waals surface area contributed by atoms with Crippen LogP contribution in [0.15, 0.2) is 11.6 Å². The van der Waals surface area contributed by atoms with Gasteiger partial charge in [-0.15, -0.1) is 0 Å². The Morgan fingerprint density at radius 3 is 2.64 bits per heavy atom. The molecule has 0 saturated carbocycles. The number of fused-ring (bicyclic) bond motifs is 3. The molecule has 25 heavy (non-hydrogen) atoms. The van der Waals surface area contributed by atoms with E-state index in [0.29, 0.717) is 5.02 Å². The molecule has 1 aromatic rings. The maximum atomic E-state index is 12.2. The van der Waals surface area contributed by atoms with Gasteiger partial charge in [-0.3, -0.25) is 4.79 Å². The second-order valence-corrected chi connectivity index (χ2v) is 7.59. The van der Waals surface area contributed by atoms with Gasteiger partial charge in [-0.25, -0.2) is 4.79 Å². The van der Waals surface area contributed by atoms with Gasteiger partial charge in [0, 0.05) is 11.0 Å². The van der Waals surface area contributed by atoms with Crippen molar-refractivity contribution in [3.63, 3.8) is 0 Å². The minimum absolute atomic E-state index is 0.0729. The SMILES string of the molecule is CCCC12CCC(C(C)=O)=C1c1c(cc(OCC(=O)O)c(Cl)c1Cl)C2. The third-order valence-electron chi connectivity index (χ3n) is 5.22. The van der Waals surface area contributed by atoms with Gasteiger partial charge in [0.05, 0.1) is 5.02 Å². The van der Waals surface area contributed by atoms with Crippen LogP contribution in [-0.4, -0.2) is 23.5 Å². The fourth-order valence-electron chi connectivity index (χ4n) is 4.37. The summed E-state index contributed by atoms with van der Waals surface area (Å²) in [5.41, 5.74) is 3.66. The average molecular weight is 383 g/mol. The molecule has 0 aromatic heterocycles. The van der Waals surface area contributed by atoms with Crippen LogP contribution in [0.4, 0.5) is 0 Å². The molecule has 0 amide bonds. The van der Waals surface area contributed by atoms with Crippen LogP contribution in [-0.2, 0) is 16.0 Å². The van der Waals surface area contributed by atoms with Crippen LogP contribution in [0.1, 0.15) is 50.7 Å². The van der Waals surface area contributed by atoms with Gasteiger partial charge >= 0.3 is 5.97 Å². The van der Waals surface area contributed by atoms with Crippen molar-refractivity contribution in [3.05, 3.63) is 32.8 Å². The predicted octanol–water partition coefficient (Wildman–Crippen LogP) is 4.94. The molecule has 4 nitrogen and oxygen atoms in total. The van der Waals surface area contributed by atoms with Gasteiger partial charge in [0.2, 0.25) is 0 Å². The molecule has 0 heterocycles. The van der Waals surface area contributed by atoms with Gasteiger partial charge in [-0.2, -0.15) is 0 Å². The molecule has 1 aromatic carbocycles. The summed E-state index contributed by atoms with van der Waals surface area (Å²) in [6.45, 7) is 3.26. The number of hydrogen-bond acceptors (Lipinski definition) is 3. The number of carbonyl (C=O) groups is 2. The van der Waals surface area contributed by atoms with Gasteiger partial charge in [0.15, 0.2) is 12.4 Å². The standard InChI is InChI=1S/C19H20Cl2O4/c1-3-5-19-6-4-12(10(2)22)16(19)15-11(8-19)7-13(17(20)18(15)21)25-9-14(23)24/h7H,3-6,8-9H2,1-2H3,(H,23,24). The molecule has 0 saturated heterocycles. The highest BCUT2D eigenvalue weighted by Crippen LogP contribution is 2.61. The van der Waals surface area contributed by atoms with Gasteiger partial charge in [0.1, 0.15) is 10.8 Å². The molecule has 2 aliphatic carbocycles. The first-order valence-electron chi connectivity index (χ1n) is 8.41. The summed E-state index contributed by atoms with van der Waals surface area (Å²) in [6.07, 6.45) is 4.47. The zero-order valence-corrected chi connectivity index (χ0v) is 15.8. The molecule has 1 N–H and O–H groups in total. The van der Waals surface area contributed by atoms with Gasteiger partial charge in [0.25, 0.3) is 0 Å². The van der Waals surface area contributed by atoms with Crippen molar-refractivity contribution < 1.29 is 19.4 Å². The molecule has 0 aliphatic heterocycles. The van der Waals surface area contributed by atoms with E-state index in [2.05, 4.69) is 6.92 Å². The van der Waals surface area contributed by atoms with Crippen LogP contribution in [0.5, 0.6) is 5.75 Å². The number of rotatable bonds is 6. The molecule has 0 spiro atoms. The van der Waals surface area contributed by atoms with Crippen LogP contribution in [0, 0.1) is 5.41 Å². The van der Waals surface area contributed by atoms with Gasteiger partial charge in [-0.1, -0.05) is 36.5 Å². The van der Waals surface area contributed by atoms with Crippen LogP contribution in [0.3, 0.4) is 0 Å². The Balaban J connectivity index is 2.16. The van der Waals surface area contributed by atoms with E-state index in [1.807, 2.05) is 0 Å². The van der Waals surface area contributed by atoms with Crippen LogP contribution >= 0.6 is 23.2 Å².